The minimum atomic E-state index is -1.03. The van der Waals surface area contributed by atoms with Gasteiger partial charge in [-0.3, -0.25) is 4.79 Å². The summed E-state index contributed by atoms with van der Waals surface area (Å²) in [5.74, 6) is -0.456. The zero-order valence-corrected chi connectivity index (χ0v) is 8.61. The van der Waals surface area contributed by atoms with Crippen LogP contribution < -0.4 is 0 Å². The molecule has 0 saturated heterocycles. The van der Waals surface area contributed by atoms with Crippen molar-refractivity contribution in [2.24, 2.45) is 0 Å². The zero-order valence-electron chi connectivity index (χ0n) is 7.03. The number of rotatable bonds is 4. The first-order valence-electron chi connectivity index (χ1n) is 3.60. The molecule has 0 aromatic heterocycles. The van der Waals surface area contributed by atoms with Crippen LogP contribution in [0.4, 0.5) is 0 Å². The summed E-state index contributed by atoms with van der Waals surface area (Å²) in [6, 6.07) is 0. The molecule has 4 nitrogen and oxygen atoms in total. The maximum atomic E-state index is 10.7. The van der Waals surface area contributed by atoms with Crippen molar-refractivity contribution in [3.63, 3.8) is 0 Å². The Labute approximate surface area is 79.7 Å². The molecule has 0 aromatic rings. The van der Waals surface area contributed by atoms with Gasteiger partial charge in [0.2, 0.25) is 0 Å². The molecule has 0 rings (SSSR count). The van der Waals surface area contributed by atoms with Crippen LogP contribution in [-0.4, -0.2) is 39.8 Å². The second kappa shape index (κ2) is 5.50. The predicted octanol–water partition coefficient (Wildman–Crippen LogP) is 0.0547. The standard InChI is InChI=1S/C7H13BrO4/c1-4(9)7(11)5(2)12-6(10)3-8/h4-5,7,9,11H,3H2,1-2H3/t4-,5+,7-/m1/s1. The molecule has 0 fully saturated rings. The van der Waals surface area contributed by atoms with E-state index in [2.05, 4.69) is 15.9 Å². The van der Waals surface area contributed by atoms with Gasteiger partial charge in [-0.25, -0.2) is 0 Å². The third-order valence-corrected chi connectivity index (χ3v) is 1.86. The fourth-order valence-corrected chi connectivity index (χ4v) is 0.833. The zero-order chi connectivity index (χ0) is 9.72. The Morgan fingerprint density at radius 1 is 1.50 bits per heavy atom. The van der Waals surface area contributed by atoms with E-state index in [4.69, 9.17) is 9.84 Å². The van der Waals surface area contributed by atoms with Gasteiger partial charge in [0.15, 0.2) is 0 Å². The number of ether oxygens (including phenoxy) is 1. The van der Waals surface area contributed by atoms with Crippen molar-refractivity contribution in [1.82, 2.24) is 0 Å². The smallest absolute Gasteiger partial charge is 0.316 e. The van der Waals surface area contributed by atoms with Gasteiger partial charge in [0.1, 0.15) is 17.5 Å². The summed E-state index contributed by atoms with van der Waals surface area (Å²) in [7, 11) is 0. The summed E-state index contributed by atoms with van der Waals surface area (Å²) in [5.41, 5.74) is 0. The van der Waals surface area contributed by atoms with Gasteiger partial charge in [-0.2, -0.15) is 0 Å². The number of carbonyl (C=O) groups excluding carboxylic acids is 1. The van der Waals surface area contributed by atoms with E-state index in [-0.39, 0.29) is 5.33 Å². The fraction of sp³-hybridized carbons (Fsp3) is 0.857. The molecule has 12 heavy (non-hydrogen) atoms. The van der Waals surface area contributed by atoms with E-state index in [1.165, 1.54) is 13.8 Å². The summed E-state index contributed by atoms with van der Waals surface area (Å²) < 4.78 is 4.73. The van der Waals surface area contributed by atoms with Gasteiger partial charge in [-0.05, 0) is 13.8 Å². The van der Waals surface area contributed by atoms with E-state index < -0.39 is 24.3 Å². The van der Waals surface area contributed by atoms with Crippen molar-refractivity contribution < 1.29 is 19.7 Å². The highest BCUT2D eigenvalue weighted by molar-refractivity contribution is 9.09. The van der Waals surface area contributed by atoms with Gasteiger partial charge in [0.25, 0.3) is 0 Å². The monoisotopic (exact) mass is 240 g/mol. The molecule has 0 saturated carbocycles. The molecule has 5 heteroatoms. The van der Waals surface area contributed by atoms with E-state index >= 15 is 0 Å². The Morgan fingerprint density at radius 3 is 2.33 bits per heavy atom. The van der Waals surface area contributed by atoms with Crippen LogP contribution in [0, 0.1) is 0 Å². The topological polar surface area (TPSA) is 66.8 Å². The van der Waals surface area contributed by atoms with E-state index in [0.717, 1.165) is 0 Å². The van der Waals surface area contributed by atoms with Crippen LogP contribution in [0.15, 0.2) is 0 Å². The first kappa shape index (κ1) is 11.9. The Balaban J connectivity index is 3.86. The lowest BCUT2D eigenvalue weighted by atomic mass is 10.1. The van der Waals surface area contributed by atoms with E-state index in [1.807, 2.05) is 0 Å². The first-order valence-corrected chi connectivity index (χ1v) is 4.72. The van der Waals surface area contributed by atoms with E-state index in [0.29, 0.717) is 0 Å². The highest BCUT2D eigenvalue weighted by atomic mass is 79.9. The molecular weight excluding hydrogens is 228 g/mol. The molecule has 0 radical (unpaired) electrons. The molecule has 0 heterocycles. The molecule has 0 aliphatic rings. The molecule has 0 aliphatic heterocycles. The Kier molecular flexibility index (Phi) is 5.44. The molecule has 3 atom stereocenters. The third-order valence-electron chi connectivity index (χ3n) is 1.40. The molecule has 0 unspecified atom stereocenters. The molecule has 0 aliphatic carbocycles. The summed E-state index contributed by atoms with van der Waals surface area (Å²) in [5, 5.41) is 18.2. The molecular formula is C7H13BrO4. The molecule has 2 N–H and O–H groups in total. The van der Waals surface area contributed by atoms with Crippen molar-refractivity contribution in [3.8, 4) is 0 Å². The van der Waals surface area contributed by atoms with Crippen molar-refractivity contribution in [2.75, 3.05) is 5.33 Å². The normalized spacial score (nSPS) is 18.1. The van der Waals surface area contributed by atoms with Gasteiger partial charge in [-0.1, -0.05) is 15.9 Å². The SMILES string of the molecule is C[C@H](OC(=O)CBr)[C@H](O)[C@@H](C)O. The maximum absolute atomic E-state index is 10.7. The highest BCUT2D eigenvalue weighted by Crippen LogP contribution is 2.04. The van der Waals surface area contributed by atoms with Crippen molar-refractivity contribution >= 4 is 21.9 Å². The number of aliphatic hydroxyl groups is 2. The maximum Gasteiger partial charge on any atom is 0.316 e. The molecule has 0 spiro atoms. The summed E-state index contributed by atoms with van der Waals surface area (Å²) in [4.78, 5) is 10.7. The number of halogens is 1. The lowest BCUT2D eigenvalue weighted by Gasteiger charge is -2.20. The molecule has 0 aromatic carbocycles. The summed E-state index contributed by atoms with van der Waals surface area (Å²) in [6.07, 6.45) is -2.62. The van der Waals surface area contributed by atoms with E-state index in [9.17, 15) is 9.90 Å². The van der Waals surface area contributed by atoms with Crippen LogP contribution in [0.5, 0.6) is 0 Å². The van der Waals surface area contributed by atoms with Crippen molar-refractivity contribution in [2.45, 2.75) is 32.2 Å². The fourth-order valence-electron chi connectivity index (χ4n) is 0.701. The second-order valence-corrected chi connectivity index (χ2v) is 3.12. The molecule has 0 bridgehead atoms. The minimum absolute atomic E-state index is 0.0872. The number of carbonyl (C=O) groups is 1. The van der Waals surface area contributed by atoms with E-state index in [1.54, 1.807) is 0 Å². The average molecular weight is 241 g/mol. The number of esters is 1. The predicted molar refractivity (Wildman–Crippen MR) is 47.0 cm³/mol. The molecule has 0 amide bonds. The average Bonchev–Trinajstić information content (AvgIpc) is 2.02. The van der Waals surface area contributed by atoms with Crippen molar-refractivity contribution in [1.29, 1.82) is 0 Å². The van der Waals surface area contributed by atoms with Crippen LogP contribution >= 0.6 is 15.9 Å². The van der Waals surface area contributed by atoms with Crippen LogP contribution in [0.25, 0.3) is 0 Å². The first-order chi connectivity index (χ1) is 5.49. The van der Waals surface area contributed by atoms with Crippen molar-refractivity contribution in [3.05, 3.63) is 0 Å². The number of alkyl halides is 1. The second-order valence-electron chi connectivity index (χ2n) is 2.56. The quantitative estimate of drug-likeness (QED) is 0.539. The summed E-state index contributed by atoms with van der Waals surface area (Å²) in [6.45, 7) is 2.96. The third kappa shape index (κ3) is 4.04. The van der Waals surface area contributed by atoms with Gasteiger partial charge >= 0.3 is 5.97 Å². The van der Waals surface area contributed by atoms with Gasteiger partial charge in [0.05, 0.1) is 6.10 Å². The van der Waals surface area contributed by atoms with Crippen LogP contribution in [-0.2, 0) is 9.53 Å². The minimum Gasteiger partial charge on any atom is -0.459 e. The highest BCUT2D eigenvalue weighted by Gasteiger charge is 2.22. The Hall–Kier alpha value is -0.130. The largest absolute Gasteiger partial charge is 0.459 e. The lowest BCUT2D eigenvalue weighted by Crippen LogP contribution is -2.36. The van der Waals surface area contributed by atoms with Gasteiger partial charge < -0.3 is 14.9 Å². The van der Waals surface area contributed by atoms with Crippen LogP contribution in [0.1, 0.15) is 13.8 Å². The number of aliphatic hydroxyl groups excluding tert-OH is 2. The number of hydrogen-bond acceptors (Lipinski definition) is 4. The number of hydrogen-bond donors (Lipinski definition) is 2. The van der Waals surface area contributed by atoms with Gasteiger partial charge in [0, 0.05) is 0 Å². The molecule has 72 valence electrons. The Bertz CT molecular complexity index is 148. The van der Waals surface area contributed by atoms with Crippen LogP contribution in [0.3, 0.4) is 0 Å². The Morgan fingerprint density at radius 2 is 2.00 bits per heavy atom. The van der Waals surface area contributed by atoms with Crippen LogP contribution in [0.2, 0.25) is 0 Å². The lowest BCUT2D eigenvalue weighted by molar-refractivity contribution is -0.154. The van der Waals surface area contributed by atoms with Gasteiger partial charge in [-0.15, -0.1) is 0 Å². The summed E-state index contributed by atoms with van der Waals surface area (Å²) >= 11 is 2.91.